The predicted octanol–water partition coefficient (Wildman–Crippen LogP) is 3.97. The van der Waals surface area contributed by atoms with E-state index < -0.39 is 0 Å². The molecule has 3 rings (SSSR count). The molecule has 4 nitrogen and oxygen atoms in total. The Hall–Kier alpha value is -2.33. The highest BCUT2D eigenvalue weighted by molar-refractivity contribution is 5.78. The molecule has 1 heterocycles. The zero-order valence-corrected chi connectivity index (χ0v) is 16.2. The van der Waals surface area contributed by atoms with Crippen LogP contribution >= 0.6 is 0 Å². The Bertz CT molecular complexity index is 772. The molecule has 1 amide bonds. The highest BCUT2D eigenvalue weighted by atomic mass is 16.5. The first-order valence-corrected chi connectivity index (χ1v) is 9.63. The van der Waals surface area contributed by atoms with E-state index >= 15 is 0 Å². The van der Waals surface area contributed by atoms with Crippen molar-refractivity contribution in [2.75, 3.05) is 13.2 Å². The maximum Gasteiger partial charge on any atom is 0.224 e. The van der Waals surface area contributed by atoms with E-state index in [0.29, 0.717) is 6.54 Å². The van der Waals surface area contributed by atoms with Gasteiger partial charge in [-0.15, -0.1) is 0 Å². The van der Waals surface area contributed by atoms with Crippen LogP contribution in [0.2, 0.25) is 0 Å². The summed E-state index contributed by atoms with van der Waals surface area (Å²) in [5.41, 5.74) is 1.99. The summed E-state index contributed by atoms with van der Waals surface area (Å²) < 4.78 is 5.95. The maximum atomic E-state index is 12.3. The van der Waals surface area contributed by atoms with E-state index in [4.69, 9.17) is 4.74 Å². The third-order valence-corrected chi connectivity index (χ3v) is 5.42. The van der Waals surface area contributed by atoms with Crippen LogP contribution < -0.4 is 5.32 Å². The summed E-state index contributed by atoms with van der Waals surface area (Å²) in [6.45, 7) is 5.65. The predicted molar refractivity (Wildman–Crippen MR) is 107 cm³/mol. The minimum absolute atomic E-state index is 0.0152. The Labute approximate surface area is 161 Å². The number of amides is 1. The smallest absolute Gasteiger partial charge is 0.224 e. The van der Waals surface area contributed by atoms with E-state index in [-0.39, 0.29) is 29.1 Å². The molecule has 1 atom stereocenters. The van der Waals surface area contributed by atoms with Crippen LogP contribution in [0.5, 0.6) is 5.75 Å². The number of phenolic OH excluding ortho intramolecular Hbond substituents is 1. The fourth-order valence-electron chi connectivity index (χ4n) is 4.23. The number of carbonyl (C=O) groups excluding carboxylic acids is 1. The molecular weight excluding hydrogens is 338 g/mol. The molecule has 1 aliphatic rings. The molecule has 27 heavy (non-hydrogen) atoms. The first-order chi connectivity index (χ1) is 12.9. The van der Waals surface area contributed by atoms with Crippen molar-refractivity contribution in [3.8, 4) is 5.75 Å². The number of phenols is 1. The summed E-state index contributed by atoms with van der Waals surface area (Å²) in [6, 6.07) is 17.4. The van der Waals surface area contributed by atoms with Crippen LogP contribution in [0.4, 0.5) is 0 Å². The molecule has 1 saturated heterocycles. The van der Waals surface area contributed by atoms with Gasteiger partial charge in [-0.05, 0) is 56.4 Å². The molecule has 1 fully saturated rings. The normalized spacial score (nSPS) is 21.6. The van der Waals surface area contributed by atoms with Gasteiger partial charge in [-0.2, -0.15) is 0 Å². The van der Waals surface area contributed by atoms with Gasteiger partial charge in [-0.3, -0.25) is 4.79 Å². The second-order valence-corrected chi connectivity index (χ2v) is 8.13. The molecule has 0 bridgehead atoms. The summed E-state index contributed by atoms with van der Waals surface area (Å²) in [5.74, 6) is 0.169. The van der Waals surface area contributed by atoms with Crippen LogP contribution in [-0.2, 0) is 21.4 Å². The van der Waals surface area contributed by atoms with Crippen molar-refractivity contribution in [3.05, 3.63) is 65.7 Å². The summed E-state index contributed by atoms with van der Waals surface area (Å²) in [7, 11) is 0. The number of hydrogen-bond acceptors (Lipinski definition) is 3. The van der Waals surface area contributed by atoms with Crippen LogP contribution in [0, 0.1) is 0 Å². The van der Waals surface area contributed by atoms with Gasteiger partial charge in [0.05, 0.1) is 12.0 Å². The molecule has 2 aromatic carbocycles. The molecule has 4 heteroatoms. The van der Waals surface area contributed by atoms with Crippen molar-refractivity contribution in [1.82, 2.24) is 5.32 Å². The maximum absolute atomic E-state index is 12.3. The molecule has 0 spiro atoms. The van der Waals surface area contributed by atoms with Crippen LogP contribution in [0.25, 0.3) is 0 Å². The van der Waals surface area contributed by atoms with Crippen molar-refractivity contribution in [2.24, 2.45) is 0 Å². The lowest BCUT2D eigenvalue weighted by Crippen LogP contribution is -2.45. The molecule has 2 N–H and O–H groups in total. The number of benzene rings is 2. The average Bonchev–Trinajstić information content (AvgIpc) is 2.61. The lowest BCUT2D eigenvalue weighted by Gasteiger charge is -2.45. The topological polar surface area (TPSA) is 58.6 Å². The Morgan fingerprint density at radius 3 is 2.63 bits per heavy atom. The molecule has 0 radical (unpaired) electrons. The molecule has 1 aliphatic heterocycles. The summed E-state index contributed by atoms with van der Waals surface area (Å²) >= 11 is 0. The molecule has 0 aliphatic carbocycles. The number of hydrogen-bond donors (Lipinski definition) is 2. The molecular formula is C23H29NO3. The standard InChI is InChI=1S/C23H29NO3/c1-22(2)17-23(12-14-27-22,19-8-4-3-5-9-19)11-13-24-21(26)16-18-7-6-10-20(25)15-18/h3-10,15,25H,11-14,16-17H2,1-2H3,(H,24,26)/t23-/m0/s1. The second-order valence-electron chi connectivity index (χ2n) is 8.13. The van der Waals surface area contributed by atoms with Crippen molar-refractivity contribution in [1.29, 1.82) is 0 Å². The van der Waals surface area contributed by atoms with Crippen molar-refractivity contribution in [3.63, 3.8) is 0 Å². The van der Waals surface area contributed by atoms with Gasteiger partial charge in [0.2, 0.25) is 5.91 Å². The number of rotatable bonds is 6. The monoisotopic (exact) mass is 367 g/mol. The van der Waals surface area contributed by atoms with E-state index in [0.717, 1.165) is 31.4 Å². The van der Waals surface area contributed by atoms with Gasteiger partial charge >= 0.3 is 0 Å². The lowest BCUT2D eigenvalue weighted by atomic mass is 9.67. The third-order valence-electron chi connectivity index (χ3n) is 5.42. The Balaban J connectivity index is 1.64. The quantitative estimate of drug-likeness (QED) is 0.812. The Morgan fingerprint density at radius 1 is 1.15 bits per heavy atom. The highest BCUT2D eigenvalue weighted by Crippen LogP contribution is 2.43. The van der Waals surface area contributed by atoms with E-state index in [2.05, 4.69) is 43.4 Å². The van der Waals surface area contributed by atoms with Gasteiger partial charge in [-0.1, -0.05) is 42.5 Å². The first kappa shape index (κ1) is 19.4. The number of aromatic hydroxyl groups is 1. The summed E-state index contributed by atoms with van der Waals surface area (Å²) in [5, 5.41) is 12.6. The van der Waals surface area contributed by atoms with E-state index in [1.54, 1.807) is 18.2 Å². The largest absolute Gasteiger partial charge is 0.508 e. The van der Waals surface area contributed by atoms with Crippen LogP contribution in [0.15, 0.2) is 54.6 Å². The first-order valence-electron chi connectivity index (χ1n) is 9.63. The molecule has 0 saturated carbocycles. The average molecular weight is 367 g/mol. The molecule has 144 valence electrons. The van der Waals surface area contributed by atoms with Crippen LogP contribution in [0.1, 0.15) is 44.2 Å². The second kappa shape index (κ2) is 8.13. The van der Waals surface area contributed by atoms with Gasteiger partial charge in [0.15, 0.2) is 0 Å². The minimum Gasteiger partial charge on any atom is -0.508 e. The van der Waals surface area contributed by atoms with Crippen molar-refractivity contribution in [2.45, 2.75) is 50.5 Å². The van der Waals surface area contributed by atoms with Gasteiger partial charge in [0.25, 0.3) is 0 Å². The fraction of sp³-hybridized carbons (Fsp3) is 0.435. The molecule has 0 aromatic heterocycles. The van der Waals surface area contributed by atoms with Crippen LogP contribution in [-0.4, -0.2) is 29.8 Å². The van der Waals surface area contributed by atoms with Crippen molar-refractivity contribution < 1.29 is 14.6 Å². The summed E-state index contributed by atoms with van der Waals surface area (Å²) in [4.78, 5) is 12.3. The lowest BCUT2D eigenvalue weighted by molar-refractivity contribution is -0.120. The Morgan fingerprint density at radius 2 is 1.93 bits per heavy atom. The van der Waals surface area contributed by atoms with Gasteiger partial charge < -0.3 is 15.2 Å². The number of ether oxygens (including phenoxy) is 1. The van der Waals surface area contributed by atoms with Crippen molar-refractivity contribution >= 4 is 5.91 Å². The zero-order valence-electron chi connectivity index (χ0n) is 16.2. The highest BCUT2D eigenvalue weighted by Gasteiger charge is 2.41. The molecule has 0 unspecified atom stereocenters. The van der Waals surface area contributed by atoms with Crippen LogP contribution in [0.3, 0.4) is 0 Å². The fourth-order valence-corrected chi connectivity index (χ4v) is 4.23. The zero-order chi connectivity index (χ0) is 19.3. The van der Waals surface area contributed by atoms with E-state index in [9.17, 15) is 9.90 Å². The SMILES string of the molecule is CC1(C)C[C@@](CCNC(=O)Cc2cccc(O)c2)(c2ccccc2)CCO1. The summed E-state index contributed by atoms with van der Waals surface area (Å²) in [6.07, 6.45) is 3.06. The van der Waals surface area contributed by atoms with Gasteiger partial charge in [0.1, 0.15) is 5.75 Å². The minimum atomic E-state index is -0.167. The van der Waals surface area contributed by atoms with Gasteiger partial charge in [-0.25, -0.2) is 0 Å². The molecule has 2 aromatic rings. The Kier molecular flexibility index (Phi) is 5.85. The number of carbonyl (C=O) groups is 1. The van der Waals surface area contributed by atoms with Gasteiger partial charge in [0, 0.05) is 18.6 Å². The third kappa shape index (κ3) is 5.10. The van der Waals surface area contributed by atoms with E-state index in [1.807, 2.05) is 12.1 Å². The van der Waals surface area contributed by atoms with E-state index in [1.165, 1.54) is 5.56 Å². The number of nitrogens with one attached hydrogen (secondary N) is 1.